The first-order chi connectivity index (χ1) is 13.4. The number of likely N-dealkylation sites (N-methyl/N-ethyl adjacent to an activating group) is 1. The van der Waals surface area contributed by atoms with Gasteiger partial charge in [-0.1, -0.05) is 12.1 Å². The van der Waals surface area contributed by atoms with Crippen LogP contribution < -0.4 is 10.6 Å². The zero-order chi connectivity index (χ0) is 19.8. The highest BCUT2D eigenvalue weighted by molar-refractivity contribution is 5.98. The molecule has 4 rings (SSSR count). The van der Waals surface area contributed by atoms with Gasteiger partial charge in [0.25, 0.3) is 0 Å². The van der Waals surface area contributed by atoms with Crippen molar-refractivity contribution >= 4 is 34.2 Å². The van der Waals surface area contributed by atoms with E-state index in [0.29, 0.717) is 28.8 Å². The number of nitrogens with one attached hydrogen (secondary N) is 2. The fourth-order valence-electron chi connectivity index (χ4n) is 3.55. The number of hydrogen-bond donors (Lipinski definition) is 2. The topological polar surface area (TPSA) is 100 Å². The van der Waals surface area contributed by atoms with Crippen molar-refractivity contribution in [3.63, 3.8) is 0 Å². The molecule has 8 nitrogen and oxygen atoms in total. The van der Waals surface area contributed by atoms with Crippen molar-refractivity contribution in [2.75, 3.05) is 31.3 Å². The second-order valence-electron chi connectivity index (χ2n) is 7.36. The molecule has 28 heavy (non-hydrogen) atoms. The van der Waals surface area contributed by atoms with Gasteiger partial charge < -0.3 is 15.5 Å². The van der Waals surface area contributed by atoms with E-state index in [0.717, 1.165) is 16.7 Å². The second-order valence-corrected chi connectivity index (χ2v) is 7.36. The van der Waals surface area contributed by atoms with Crippen LogP contribution in [-0.4, -0.2) is 47.7 Å². The van der Waals surface area contributed by atoms with Gasteiger partial charge in [0.05, 0.1) is 6.54 Å². The smallest absolute Gasteiger partial charge is 0.238 e. The third-order valence-electron chi connectivity index (χ3n) is 4.85. The van der Waals surface area contributed by atoms with Crippen molar-refractivity contribution in [1.29, 1.82) is 0 Å². The van der Waals surface area contributed by atoms with Crippen molar-refractivity contribution in [2.24, 2.45) is 0 Å². The molecule has 2 amide bonds. The fourth-order valence-corrected chi connectivity index (χ4v) is 3.55. The van der Waals surface area contributed by atoms with E-state index in [1.165, 1.54) is 0 Å². The minimum atomic E-state index is -0.102. The summed E-state index contributed by atoms with van der Waals surface area (Å²) in [5.74, 6) is -0.268. The highest BCUT2D eigenvalue weighted by atomic mass is 16.6. The van der Waals surface area contributed by atoms with Gasteiger partial charge in [0, 0.05) is 23.7 Å². The summed E-state index contributed by atoms with van der Waals surface area (Å²) in [7, 11) is 3.68. The van der Waals surface area contributed by atoms with Crippen LogP contribution in [0, 0.1) is 6.92 Å². The van der Waals surface area contributed by atoms with Crippen molar-refractivity contribution < 1.29 is 14.2 Å². The number of carbonyl (C=O) groups is 2. The molecule has 2 N–H and O–H groups in total. The van der Waals surface area contributed by atoms with Gasteiger partial charge in [0.1, 0.15) is 11.0 Å². The van der Waals surface area contributed by atoms with Crippen LogP contribution in [0.25, 0.3) is 11.0 Å². The number of amides is 2. The lowest BCUT2D eigenvalue weighted by Gasteiger charge is -2.27. The van der Waals surface area contributed by atoms with Gasteiger partial charge in [-0.2, -0.15) is 0 Å². The highest BCUT2D eigenvalue weighted by Crippen LogP contribution is 2.40. The zero-order valence-corrected chi connectivity index (χ0v) is 15.9. The van der Waals surface area contributed by atoms with E-state index in [1.54, 1.807) is 4.90 Å². The predicted molar refractivity (Wildman–Crippen MR) is 105 cm³/mol. The number of anilines is 2. The van der Waals surface area contributed by atoms with E-state index in [2.05, 4.69) is 20.9 Å². The maximum Gasteiger partial charge on any atom is 0.238 e. The van der Waals surface area contributed by atoms with Crippen LogP contribution in [-0.2, 0) is 9.59 Å². The van der Waals surface area contributed by atoms with Gasteiger partial charge in [-0.3, -0.25) is 9.59 Å². The molecule has 1 aromatic heterocycles. The van der Waals surface area contributed by atoms with Gasteiger partial charge in [0.15, 0.2) is 0 Å². The Balaban J connectivity index is 1.70. The monoisotopic (exact) mass is 379 g/mol. The number of hydrogen-bond acceptors (Lipinski definition) is 6. The molecule has 2 heterocycles. The van der Waals surface area contributed by atoms with E-state index in [4.69, 9.17) is 4.63 Å². The molecule has 8 heteroatoms. The molecular weight excluding hydrogens is 358 g/mol. The average molecular weight is 379 g/mol. The molecular formula is C20H21N5O3. The highest BCUT2D eigenvalue weighted by Gasteiger charge is 2.28. The summed E-state index contributed by atoms with van der Waals surface area (Å²) in [5.41, 5.74) is 5.68. The molecule has 0 aliphatic carbocycles. The summed E-state index contributed by atoms with van der Waals surface area (Å²) in [5, 5.41) is 13.6. The molecule has 144 valence electrons. The number of aromatic nitrogens is 2. The van der Waals surface area contributed by atoms with Gasteiger partial charge in [-0.15, -0.1) is 0 Å². The molecule has 3 aromatic rings. The molecule has 0 radical (unpaired) electrons. The number of aryl methyl sites for hydroxylation is 1. The van der Waals surface area contributed by atoms with Gasteiger partial charge in [-0.25, -0.2) is 4.63 Å². The third kappa shape index (κ3) is 3.46. The Morgan fingerprint density at radius 3 is 2.82 bits per heavy atom. The molecule has 0 saturated carbocycles. The lowest BCUT2D eigenvalue weighted by atomic mass is 9.83. The van der Waals surface area contributed by atoms with E-state index in [1.807, 2.05) is 51.4 Å². The Morgan fingerprint density at radius 1 is 1.25 bits per heavy atom. The molecule has 1 aliphatic rings. The van der Waals surface area contributed by atoms with Crippen LogP contribution in [0.2, 0.25) is 0 Å². The van der Waals surface area contributed by atoms with E-state index in [-0.39, 0.29) is 24.3 Å². The number of carbonyl (C=O) groups excluding carboxylic acids is 2. The first kappa shape index (κ1) is 18.1. The quantitative estimate of drug-likeness (QED) is 0.722. The molecule has 0 unspecified atom stereocenters. The number of nitrogens with zero attached hydrogens (tertiary/aromatic N) is 3. The number of rotatable bonds is 4. The van der Waals surface area contributed by atoms with Crippen LogP contribution in [0.15, 0.2) is 35.0 Å². The van der Waals surface area contributed by atoms with Gasteiger partial charge in [0.2, 0.25) is 11.8 Å². The first-order valence-corrected chi connectivity index (χ1v) is 9.02. The predicted octanol–water partition coefficient (Wildman–Crippen LogP) is 2.51. The standard InChI is InChI=1S/C20H21N5O3/c1-11-6-14-13(12-4-5-15-18(7-12)24-28-23-15)8-19(26)22-17(14)9-16(11)21-20(27)10-25(2)3/h4-7,9,13H,8,10H2,1-3H3,(H,21,27)(H,22,26)/t13-/m1/s1. The molecule has 0 fully saturated rings. The third-order valence-corrected chi connectivity index (χ3v) is 4.85. The van der Waals surface area contributed by atoms with Gasteiger partial charge >= 0.3 is 0 Å². The van der Waals surface area contributed by atoms with Crippen LogP contribution in [0.4, 0.5) is 11.4 Å². The van der Waals surface area contributed by atoms with Crippen molar-refractivity contribution in [3.05, 3.63) is 47.0 Å². The van der Waals surface area contributed by atoms with Crippen LogP contribution in [0.1, 0.15) is 29.0 Å². The Kier molecular flexibility index (Phi) is 4.56. The van der Waals surface area contributed by atoms with E-state index in [9.17, 15) is 9.59 Å². The van der Waals surface area contributed by atoms with Crippen molar-refractivity contribution in [1.82, 2.24) is 15.2 Å². The Bertz CT molecular complexity index is 1070. The lowest BCUT2D eigenvalue weighted by Crippen LogP contribution is -2.28. The summed E-state index contributed by atoms with van der Waals surface area (Å²) in [6.45, 7) is 2.24. The summed E-state index contributed by atoms with van der Waals surface area (Å²) >= 11 is 0. The molecule has 1 aliphatic heterocycles. The fraction of sp³-hybridized carbons (Fsp3) is 0.300. The second kappa shape index (κ2) is 7.05. The molecule has 2 aromatic carbocycles. The van der Waals surface area contributed by atoms with Crippen LogP contribution >= 0.6 is 0 Å². The Morgan fingerprint density at radius 2 is 2.04 bits per heavy atom. The normalized spacial score (nSPS) is 16.1. The van der Waals surface area contributed by atoms with Crippen LogP contribution in [0.5, 0.6) is 0 Å². The molecule has 1 atom stereocenters. The average Bonchev–Trinajstić information content (AvgIpc) is 3.09. The largest absolute Gasteiger partial charge is 0.326 e. The number of fused-ring (bicyclic) bond motifs is 2. The minimum absolute atomic E-state index is 0.0645. The molecule has 0 bridgehead atoms. The SMILES string of the molecule is Cc1cc2c(cc1NC(=O)CN(C)C)NC(=O)C[C@@H]2c1ccc2nonc2c1. The molecule has 0 saturated heterocycles. The maximum atomic E-state index is 12.3. The maximum absolute atomic E-state index is 12.3. The van der Waals surface area contributed by atoms with E-state index >= 15 is 0 Å². The Hall–Kier alpha value is -3.26. The molecule has 0 spiro atoms. The zero-order valence-electron chi connectivity index (χ0n) is 15.9. The van der Waals surface area contributed by atoms with E-state index < -0.39 is 0 Å². The van der Waals surface area contributed by atoms with Crippen LogP contribution in [0.3, 0.4) is 0 Å². The summed E-state index contributed by atoms with van der Waals surface area (Å²) in [6, 6.07) is 9.55. The number of benzene rings is 2. The van der Waals surface area contributed by atoms with Gasteiger partial charge in [-0.05, 0) is 66.2 Å². The summed E-state index contributed by atoms with van der Waals surface area (Å²) < 4.78 is 4.77. The minimum Gasteiger partial charge on any atom is -0.326 e. The first-order valence-electron chi connectivity index (χ1n) is 9.02. The van der Waals surface area contributed by atoms with Crippen molar-refractivity contribution in [2.45, 2.75) is 19.3 Å². The summed E-state index contributed by atoms with van der Waals surface area (Å²) in [4.78, 5) is 26.3. The summed E-state index contributed by atoms with van der Waals surface area (Å²) in [6.07, 6.45) is 0.343. The lowest BCUT2D eigenvalue weighted by molar-refractivity contribution is -0.117. The Labute approximate surface area is 161 Å². The van der Waals surface area contributed by atoms with Crippen molar-refractivity contribution in [3.8, 4) is 0 Å².